The van der Waals surface area contributed by atoms with Crippen LogP contribution < -0.4 is 20.5 Å². The monoisotopic (exact) mass is 491 g/mol. The molecule has 0 saturated carbocycles. The van der Waals surface area contributed by atoms with E-state index in [-0.39, 0.29) is 42.2 Å². The summed E-state index contributed by atoms with van der Waals surface area (Å²) in [5.41, 5.74) is 8.35. The predicted molar refractivity (Wildman–Crippen MR) is 115 cm³/mol. The first kappa shape index (κ1) is 22.9. The molecule has 3 N–H and O–H groups in total. The predicted octanol–water partition coefficient (Wildman–Crippen LogP) is 4.96. The van der Waals surface area contributed by atoms with Crippen LogP contribution in [0, 0.1) is 0 Å². The van der Waals surface area contributed by atoms with Crippen LogP contribution in [0.4, 0.5) is 14.5 Å². The Bertz CT molecular complexity index is 770. The van der Waals surface area contributed by atoms with Crippen molar-refractivity contribution in [3.05, 3.63) is 53.6 Å². The number of nitrogens with zero attached hydrogens (tertiary/aromatic N) is 1. The van der Waals surface area contributed by atoms with Gasteiger partial charge in [0.15, 0.2) is 5.96 Å². The number of nitrogens with one attached hydrogen (secondary N) is 1. The molecule has 0 radical (unpaired) electrons. The molecule has 2 rings (SSSR count). The Hall–Kier alpha value is -2.10. The zero-order valence-electron chi connectivity index (χ0n) is 15.4. The lowest BCUT2D eigenvalue weighted by Gasteiger charge is -2.12. The summed E-state index contributed by atoms with van der Waals surface area (Å²) in [4.78, 5) is 4.21. The van der Waals surface area contributed by atoms with E-state index in [9.17, 15) is 8.78 Å². The van der Waals surface area contributed by atoms with Crippen LogP contribution in [0.15, 0.2) is 47.5 Å². The van der Waals surface area contributed by atoms with Crippen LogP contribution in [0.5, 0.6) is 11.5 Å². The van der Waals surface area contributed by atoms with Gasteiger partial charge >= 0.3 is 6.61 Å². The fourth-order valence-electron chi connectivity index (χ4n) is 2.35. The van der Waals surface area contributed by atoms with Crippen LogP contribution in [0.1, 0.15) is 30.9 Å². The van der Waals surface area contributed by atoms with Crippen molar-refractivity contribution in [2.24, 2.45) is 10.7 Å². The lowest BCUT2D eigenvalue weighted by atomic mass is 10.0. The number of hydrogen-bond acceptors (Lipinski definition) is 3. The number of guanidine groups is 1. The van der Waals surface area contributed by atoms with E-state index in [4.69, 9.17) is 10.5 Å². The molecule has 0 spiro atoms. The van der Waals surface area contributed by atoms with Crippen molar-refractivity contribution in [2.75, 3.05) is 12.4 Å². The molecule has 0 aliphatic heterocycles. The van der Waals surface area contributed by atoms with Crippen molar-refractivity contribution in [3.8, 4) is 11.5 Å². The number of anilines is 1. The highest BCUT2D eigenvalue weighted by molar-refractivity contribution is 14.0. The zero-order chi connectivity index (χ0) is 19.1. The number of methoxy groups -OCH3 is 1. The molecular weight excluding hydrogens is 467 g/mol. The van der Waals surface area contributed by atoms with Crippen LogP contribution in [0.3, 0.4) is 0 Å². The Morgan fingerprint density at radius 3 is 2.56 bits per heavy atom. The number of nitrogens with two attached hydrogens (primary N) is 1. The molecule has 0 amide bonds. The van der Waals surface area contributed by atoms with Gasteiger partial charge in [-0.1, -0.05) is 26.0 Å². The van der Waals surface area contributed by atoms with E-state index in [2.05, 4.69) is 28.9 Å². The minimum Gasteiger partial charge on any atom is -0.497 e. The molecule has 8 heteroatoms. The molecule has 0 saturated heterocycles. The summed E-state index contributed by atoms with van der Waals surface area (Å²) >= 11 is 0. The Kier molecular flexibility index (Phi) is 9.27. The van der Waals surface area contributed by atoms with Crippen LogP contribution >= 0.6 is 24.0 Å². The number of ether oxygens (including phenoxy) is 2. The SMILES string of the molecule is COc1ccc(OC(F)F)c(CN=C(N)Nc2cccc(C(C)C)c2)c1.I. The van der Waals surface area contributed by atoms with Gasteiger partial charge < -0.3 is 20.5 Å². The van der Waals surface area contributed by atoms with Gasteiger partial charge in [-0.3, -0.25) is 0 Å². The number of aliphatic imine (C=N–C) groups is 1. The van der Waals surface area contributed by atoms with Gasteiger partial charge in [-0.2, -0.15) is 8.78 Å². The number of benzene rings is 2. The smallest absolute Gasteiger partial charge is 0.387 e. The summed E-state index contributed by atoms with van der Waals surface area (Å²) < 4.78 is 34.7. The Balaban J connectivity index is 0.00000364. The first-order valence-electron chi connectivity index (χ1n) is 8.17. The van der Waals surface area contributed by atoms with Gasteiger partial charge in [-0.05, 0) is 41.8 Å². The van der Waals surface area contributed by atoms with E-state index in [0.717, 1.165) is 5.69 Å². The maximum atomic E-state index is 12.5. The summed E-state index contributed by atoms with van der Waals surface area (Å²) in [6.07, 6.45) is 0. The highest BCUT2D eigenvalue weighted by Gasteiger charge is 2.11. The fourth-order valence-corrected chi connectivity index (χ4v) is 2.35. The van der Waals surface area contributed by atoms with Gasteiger partial charge in [0, 0.05) is 11.3 Å². The molecule has 0 aromatic heterocycles. The number of rotatable bonds is 7. The van der Waals surface area contributed by atoms with Crippen molar-refractivity contribution < 1.29 is 18.3 Å². The van der Waals surface area contributed by atoms with Crippen LogP contribution in [-0.4, -0.2) is 19.7 Å². The topological polar surface area (TPSA) is 68.9 Å². The second-order valence-electron chi connectivity index (χ2n) is 5.96. The molecule has 2 aromatic rings. The third-order valence-electron chi connectivity index (χ3n) is 3.73. The van der Waals surface area contributed by atoms with Gasteiger partial charge in [-0.15, -0.1) is 24.0 Å². The molecule has 5 nitrogen and oxygen atoms in total. The maximum Gasteiger partial charge on any atom is 0.387 e. The van der Waals surface area contributed by atoms with Crippen molar-refractivity contribution >= 4 is 35.6 Å². The summed E-state index contributed by atoms with van der Waals surface area (Å²) in [7, 11) is 1.49. The summed E-state index contributed by atoms with van der Waals surface area (Å²) in [5.74, 6) is 1.13. The van der Waals surface area contributed by atoms with Crippen LogP contribution in [0.25, 0.3) is 0 Å². The molecule has 0 bridgehead atoms. The average molecular weight is 491 g/mol. The molecule has 0 aliphatic rings. The van der Waals surface area contributed by atoms with E-state index in [0.29, 0.717) is 17.2 Å². The van der Waals surface area contributed by atoms with Gasteiger partial charge in [0.1, 0.15) is 11.5 Å². The minimum absolute atomic E-state index is 0. The molecule has 0 heterocycles. The number of halogens is 3. The summed E-state index contributed by atoms with van der Waals surface area (Å²) in [6.45, 7) is 1.36. The van der Waals surface area contributed by atoms with Crippen molar-refractivity contribution in [3.63, 3.8) is 0 Å². The lowest BCUT2D eigenvalue weighted by Crippen LogP contribution is -2.22. The molecule has 0 aliphatic carbocycles. The molecule has 0 fully saturated rings. The molecule has 27 heavy (non-hydrogen) atoms. The van der Waals surface area contributed by atoms with E-state index < -0.39 is 6.61 Å². The van der Waals surface area contributed by atoms with E-state index >= 15 is 0 Å². The summed E-state index contributed by atoms with van der Waals surface area (Å²) in [6, 6.07) is 12.4. The molecule has 148 valence electrons. The standard InChI is InChI=1S/C19H23F2N3O2.HI/c1-12(2)13-5-4-6-15(9-13)24-19(22)23-11-14-10-16(25-3)7-8-17(14)26-18(20)21;/h4-10,12,18H,11H2,1-3H3,(H3,22,23,24);1H. The Labute approximate surface area is 175 Å². The highest BCUT2D eigenvalue weighted by atomic mass is 127. The second-order valence-corrected chi connectivity index (χ2v) is 5.96. The molecular formula is C19H24F2IN3O2. The normalized spacial score (nSPS) is 11.3. The van der Waals surface area contributed by atoms with Crippen LogP contribution in [-0.2, 0) is 6.54 Å². The lowest BCUT2D eigenvalue weighted by molar-refractivity contribution is -0.0504. The van der Waals surface area contributed by atoms with E-state index in [1.165, 1.54) is 18.7 Å². The van der Waals surface area contributed by atoms with Gasteiger partial charge in [0.25, 0.3) is 0 Å². The van der Waals surface area contributed by atoms with Gasteiger partial charge in [-0.25, -0.2) is 4.99 Å². The van der Waals surface area contributed by atoms with Gasteiger partial charge in [0.05, 0.1) is 13.7 Å². The third kappa shape index (κ3) is 7.20. The first-order valence-corrected chi connectivity index (χ1v) is 8.17. The Morgan fingerprint density at radius 1 is 1.19 bits per heavy atom. The highest BCUT2D eigenvalue weighted by Crippen LogP contribution is 2.26. The number of hydrogen-bond donors (Lipinski definition) is 2. The summed E-state index contributed by atoms with van der Waals surface area (Å²) in [5, 5.41) is 3.00. The quantitative estimate of drug-likeness (QED) is 0.326. The second kappa shape index (κ2) is 10.9. The first-order chi connectivity index (χ1) is 12.4. The van der Waals surface area contributed by atoms with E-state index in [1.807, 2.05) is 24.3 Å². The van der Waals surface area contributed by atoms with E-state index in [1.54, 1.807) is 12.1 Å². The van der Waals surface area contributed by atoms with Crippen molar-refractivity contribution in [1.82, 2.24) is 0 Å². The van der Waals surface area contributed by atoms with Crippen molar-refractivity contribution in [1.29, 1.82) is 0 Å². The molecule has 2 aromatic carbocycles. The third-order valence-corrected chi connectivity index (χ3v) is 3.73. The molecule has 0 unspecified atom stereocenters. The molecule has 0 atom stereocenters. The van der Waals surface area contributed by atoms with Gasteiger partial charge in [0.2, 0.25) is 0 Å². The largest absolute Gasteiger partial charge is 0.497 e. The van der Waals surface area contributed by atoms with Crippen molar-refractivity contribution in [2.45, 2.75) is 32.9 Å². The van der Waals surface area contributed by atoms with Crippen LogP contribution in [0.2, 0.25) is 0 Å². The fraction of sp³-hybridized carbons (Fsp3) is 0.316. The average Bonchev–Trinajstić information content (AvgIpc) is 2.60. The Morgan fingerprint density at radius 2 is 1.93 bits per heavy atom. The minimum atomic E-state index is -2.92. The maximum absolute atomic E-state index is 12.5. The zero-order valence-corrected chi connectivity index (χ0v) is 17.7. The number of alkyl halides is 2.